The van der Waals surface area contributed by atoms with Gasteiger partial charge in [-0.05, 0) is 17.7 Å². The summed E-state index contributed by atoms with van der Waals surface area (Å²) in [5, 5.41) is 13.4. The van der Waals surface area contributed by atoms with E-state index < -0.39 is 12.0 Å². The Labute approximate surface area is 143 Å². The van der Waals surface area contributed by atoms with E-state index in [-0.39, 0.29) is 0 Å². The van der Waals surface area contributed by atoms with E-state index in [0.29, 0.717) is 28.9 Å². The lowest BCUT2D eigenvalue weighted by Crippen LogP contribution is -2.32. The lowest BCUT2D eigenvalue weighted by molar-refractivity contribution is -0.137. The van der Waals surface area contributed by atoms with Gasteiger partial charge in [-0.15, -0.1) is 0 Å². The molecule has 0 amide bonds. The Hall–Kier alpha value is -3.41. The first-order valence-corrected chi connectivity index (χ1v) is 7.88. The molecule has 0 aliphatic carbocycles. The van der Waals surface area contributed by atoms with Crippen LogP contribution in [0.2, 0.25) is 0 Å². The lowest BCUT2D eigenvalue weighted by atomic mass is 10.1. The molecule has 0 aliphatic rings. The van der Waals surface area contributed by atoms with Crippen LogP contribution in [0.4, 0.5) is 5.82 Å². The molecule has 0 radical (unpaired) electrons. The highest BCUT2D eigenvalue weighted by atomic mass is 16.4. The summed E-state index contributed by atoms with van der Waals surface area (Å²) in [7, 11) is 0. The van der Waals surface area contributed by atoms with E-state index in [2.05, 4.69) is 15.3 Å². The number of aromatic nitrogens is 2. The zero-order chi connectivity index (χ0) is 17.2. The molecule has 0 saturated carbocycles. The molecule has 2 aromatic heterocycles. The zero-order valence-corrected chi connectivity index (χ0v) is 13.2. The third kappa shape index (κ3) is 2.89. The van der Waals surface area contributed by atoms with Crippen LogP contribution in [-0.4, -0.2) is 27.1 Å². The number of fused-ring (bicyclic) bond motifs is 3. The average Bonchev–Trinajstić information content (AvgIpc) is 3.02. The van der Waals surface area contributed by atoms with Crippen molar-refractivity contribution in [2.24, 2.45) is 0 Å². The predicted octanol–water partition coefficient (Wildman–Crippen LogP) is 3.48. The minimum absolute atomic E-state index is 0.335. The molecule has 6 nitrogen and oxygen atoms in total. The molecule has 0 saturated heterocycles. The second-order valence-electron chi connectivity index (χ2n) is 5.72. The van der Waals surface area contributed by atoms with E-state index in [9.17, 15) is 9.90 Å². The maximum atomic E-state index is 11.7. The first-order chi connectivity index (χ1) is 12.2. The number of para-hydroxylation sites is 1. The molecule has 2 heterocycles. The second-order valence-corrected chi connectivity index (χ2v) is 5.72. The molecule has 0 unspecified atom stereocenters. The number of benzene rings is 2. The van der Waals surface area contributed by atoms with Gasteiger partial charge in [-0.25, -0.2) is 14.8 Å². The summed E-state index contributed by atoms with van der Waals surface area (Å²) in [6.45, 7) is 0. The predicted molar refractivity (Wildman–Crippen MR) is 94.5 cm³/mol. The van der Waals surface area contributed by atoms with Crippen LogP contribution in [-0.2, 0) is 11.2 Å². The minimum atomic E-state index is -0.952. The molecule has 0 fully saturated rings. The van der Waals surface area contributed by atoms with Crippen molar-refractivity contribution >= 4 is 33.9 Å². The lowest BCUT2D eigenvalue weighted by Gasteiger charge is -2.15. The van der Waals surface area contributed by atoms with Gasteiger partial charge >= 0.3 is 5.97 Å². The molecule has 4 aromatic rings. The van der Waals surface area contributed by atoms with Gasteiger partial charge in [0.25, 0.3) is 0 Å². The number of nitrogens with zero attached hydrogens (tertiary/aromatic N) is 2. The first kappa shape index (κ1) is 15.1. The Kier molecular flexibility index (Phi) is 3.78. The number of carboxylic acid groups (broad SMARTS) is 1. The first-order valence-electron chi connectivity index (χ1n) is 7.88. The Bertz CT molecular complexity index is 1040. The molecule has 2 N–H and O–H groups in total. The molecule has 0 aliphatic heterocycles. The van der Waals surface area contributed by atoms with Crippen LogP contribution >= 0.6 is 0 Å². The fourth-order valence-electron chi connectivity index (χ4n) is 2.84. The van der Waals surface area contributed by atoms with E-state index >= 15 is 0 Å². The summed E-state index contributed by atoms with van der Waals surface area (Å²) in [4.78, 5) is 20.1. The number of carboxylic acids is 1. The molecular formula is C19H15N3O3. The van der Waals surface area contributed by atoms with Gasteiger partial charge in [-0.2, -0.15) is 0 Å². The van der Waals surface area contributed by atoms with Crippen molar-refractivity contribution in [3.8, 4) is 0 Å². The molecule has 0 bridgehead atoms. The van der Waals surface area contributed by atoms with Crippen LogP contribution in [0.15, 0.2) is 65.3 Å². The fourth-order valence-corrected chi connectivity index (χ4v) is 2.84. The van der Waals surface area contributed by atoms with Crippen molar-refractivity contribution in [3.63, 3.8) is 0 Å². The molecule has 4 rings (SSSR count). The quantitative estimate of drug-likeness (QED) is 0.581. The van der Waals surface area contributed by atoms with Crippen LogP contribution in [0, 0.1) is 0 Å². The summed E-state index contributed by atoms with van der Waals surface area (Å²) in [6.07, 6.45) is 1.75. The zero-order valence-electron chi connectivity index (χ0n) is 13.2. The third-order valence-corrected chi connectivity index (χ3v) is 4.05. The van der Waals surface area contributed by atoms with Gasteiger partial charge in [0.1, 0.15) is 23.5 Å². The standard InChI is InChI=1S/C19H15N3O3/c23-19(24)14(10-12-6-2-1-3-7-12)22-18-17-16(20-11-21-18)13-8-4-5-9-15(13)25-17/h1-9,11,14H,10H2,(H,23,24)(H,20,21,22)/t14-/m0/s1. The largest absolute Gasteiger partial charge is 0.480 e. The van der Waals surface area contributed by atoms with Crippen LogP contribution in [0.3, 0.4) is 0 Å². The van der Waals surface area contributed by atoms with Gasteiger partial charge in [0.2, 0.25) is 0 Å². The van der Waals surface area contributed by atoms with Gasteiger partial charge < -0.3 is 14.8 Å². The highest BCUT2D eigenvalue weighted by Gasteiger charge is 2.21. The molecule has 6 heteroatoms. The van der Waals surface area contributed by atoms with E-state index in [1.165, 1.54) is 6.33 Å². The van der Waals surface area contributed by atoms with Crippen molar-refractivity contribution in [1.29, 1.82) is 0 Å². The van der Waals surface area contributed by atoms with Crippen molar-refractivity contribution in [2.75, 3.05) is 5.32 Å². The average molecular weight is 333 g/mol. The van der Waals surface area contributed by atoms with Crippen molar-refractivity contribution in [1.82, 2.24) is 9.97 Å². The Morgan fingerprint density at radius 3 is 2.64 bits per heavy atom. The summed E-state index contributed by atoms with van der Waals surface area (Å²) >= 11 is 0. The number of carbonyl (C=O) groups is 1. The van der Waals surface area contributed by atoms with Gasteiger partial charge in [0.05, 0.1) is 0 Å². The highest BCUT2D eigenvalue weighted by molar-refractivity contribution is 6.05. The molecular weight excluding hydrogens is 318 g/mol. The van der Waals surface area contributed by atoms with Crippen molar-refractivity contribution < 1.29 is 14.3 Å². The third-order valence-electron chi connectivity index (χ3n) is 4.05. The van der Waals surface area contributed by atoms with Gasteiger partial charge in [-0.1, -0.05) is 42.5 Å². The monoisotopic (exact) mass is 333 g/mol. The fraction of sp³-hybridized carbons (Fsp3) is 0.105. The molecule has 25 heavy (non-hydrogen) atoms. The SMILES string of the molecule is O=C(O)[C@H](Cc1ccccc1)Nc1ncnc2c1oc1ccccc12. The van der Waals surface area contributed by atoms with Gasteiger partial charge in [0, 0.05) is 11.8 Å². The van der Waals surface area contributed by atoms with Crippen molar-refractivity contribution in [2.45, 2.75) is 12.5 Å². The number of furan rings is 1. The van der Waals surface area contributed by atoms with Crippen molar-refractivity contribution in [3.05, 3.63) is 66.5 Å². The number of aliphatic carboxylic acids is 1. The maximum Gasteiger partial charge on any atom is 0.326 e. The van der Waals surface area contributed by atoms with E-state index in [1.54, 1.807) is 0 Å². The van der Waals surface area contributed by atoms with Crippen LogP contribution in [0.1, 0.15) is 5.56 Å². The summed E-state index contributed by atoms with van der Waals surface area (Å²) in [5.74, 6) is -0.573. The second kappa shape index (κ2) is 6.24. The minimum Gasteiger partial charge on any atom is -0.480 e. The van der Waals surface area contributed by atoms with Crippen LogP contribution < -0.4 is 5.32 Å². The van der Waals surface area contributed by atoms with E-state index in [1.807, 2.05) is 54.6 Å². The highest BCUT2D eigenvalue weighted by Crippen LogP contribution is 2.30. The van der Waals surface area contributed by atoms with Crippen LogP contribution in [0.25, 0.3) is 22.1 Å². The summed E-state index contributed by atoms with van der Waals surface area (Å²) < 4.78 is 5.83. The number of anilines is 1. The number of nitrogens with one attached hydrogen (secondary N) is 1. The van der Waals surface area contributed by atoms with E-state index in [0.717, 1.165) is 10.9 Å². The van der Waals surface area contributed by atoms with Gasteiger partial charge in [-0.3, -0.25) is 0 Å². The summed E-state index contributed by atoms with van der Waals surface area (Å²) in [6, 6.07) is 16.2. The normalized spacial score (nSPS) is 12.3. The maximum absolute atomic E-state index is 11.7. The number of rotatable bonds is 5. The summed E-state index contributed by atoms with van der Waals surface area (Å²) in [5.41, 5.74) is 2.74. The molecule has 0 spiro atoms. The number of hydrogen-bond acceptors (Lipinski definition) is 5. The van der Waals surface area contributed by atoms with Crippen LogP contribution in [0.5, 0.6) is 0 Å². The Balaban J connectivity index is 1.72. The molecule has 2 aromatic carbocycles. The molecule has 124 valence electrons. The Morgan fingerprint density at radius 2 is 1.84 bits per heavy atom. The number of hydrogen-bond donors (Lipinski definition) is 2. The van der Waals surface area contributed by atoms with E-state index in [4.69, 9.17) is 4.42 Å². The Morgan fingerprint density at radius 1 is 1.08 bits per heavy atom. The van der Waals surface area contributed by atoms with Gasteiger partial charge in [0.15, 0.2) is 11.4 Å². The molecule has 1 atom stereocenters. The smallest absolute Gasteiger partial charge is 0.326 e. The topological polar surface area (TPSA) is 88.2 Å².